The van der Waals surface area contributed by atoms with E-state index >= 15 is 0 Å². The van der Waals surface area contributed by atoms with Crippen LogP contribution in [0.5, 0.6) is 0 Å². The Kier molecular flexibility index (Phi) is 9.41. The van der Waals surface area contributed by atoms with Crippen LogP contribution in [0.3, 0.4) is 0 Å². The molecule has 75 heavy (non-hydrogen) atoms. The van der Waals surface area contributed by atoms with Crippen LogP contribution in [0.15, 0.2) is 114 Å². The third kappa shape index (κ3) is 6.60. The van der Waals surface area contributed by atoms with Gasteiger partial charge >= 0.3 is 0 Å². The molecule has 13 rings (SSSR count). The van der Waals surface area contributed by atoms with Gasteiger partial charge in [-0.25, -0.2) is 0 Å². The molecule has 0 N–H and O–H groups in total. The molecule has 4 aliphatic heterocycles. The van der Waals surface area contributed by atoms with Gasteiger partial charge in [0.15, 0.2) is 0 Å². The van der Waals surface area contributed by atoms with E-state index in [1.165, 1.54) is 51.0 Å². The molecule has 7 aromatic rings. The minimum atomic E-state index is -0.492. The topological polar surface area (TPSA) is 22.9 Å². The van der Waals surface area contributed by atoms with Gasteiger partial charge in [0.25, 0.3) is 6.71 Å². The minimum absolute atomic E-state index is 0.104. The molecule has 5 heterocycles. The molecule has 4 nitrogen and oxygen atoms in total. The number of anilines is 7. The summed E-state index contributed by atoms with van der Waals surface area (Å²) >= 11 is 0. The van der Waals surface area contributed by atoms with Gasteiger partial charge in [0, 0.05) is 50.2 Å². The summed E-state index contributed by atoms with van der Waals surface area (Å²) in [6.07, 6.45) is 8.47. The van der Waals surface area contributed by atoms with Crippen LogP contribution in [0.25, 0.3) is 22.1 Å². The van der Waals surface area contributed by atoms with Gasteiger partial charge in [0.05, 0.1) is 32.2 Å². The van der Waals surface area contributed by atoms with E-state index in [1.54, 1.807) is 0 Å². The fourth-order valence-corrected chi connectivity index (χ4v) is 15.4. The zero-order valence-corrected chi connectivity index (χ0v) is 48.1. The third-order valence-corrected chi connectivity index (χ3v) is 20.4. The first kappa shape index (κ1) is 45.5. The number of nitrogens with zero attached hydrogens (tertiary/aromatic N) is 3. The molecular formula is C70H82BN3O. The Hall–Kier alpha value is -5.68. The lowest BCUT2D eigenvalue weighted by molar-refractivity contribution is 0.194. The van der Waals surface area contributed by atoms with Crippen LogP contribution in [-0.2, 0) is 32.5 Å². The summed E-state index contributed by atoms with van der Waals surface area (Å²) in [5.41, 5.74) is 19.3. The molecule has 2 aliphatic carbocycles. The SMILES string of the molecule is [2H]c1c([2H])c(C(C)(C)C)c([2H])c2c1N(c1cc3c4c(c1)N1c5c(cc(C(C)(C)C)cc5C5(C)CCCCC15C)B4c1oc4ccc(C(C)(C)C)cc4c1N3c1ccc(C(C)(C)C)cc1-c1ccccc1)C1(C)CCCCC21C. The number of hydrogen-bond acceptors (Lipinski definition) is 4. The molecule has 0 spiro atoms. The fraction of sp³-hybridized carbons (Fsp3) is 0.457. The standard InChI is InChI=1S/C70H82BN3O/c1-63(2,3)44-26-29-54(49(36-44)43-24-18-17-19-25-43)72-56-41-48(73-55-30-27-46(65(7,8)9)38-51(55)67(13)32-20-22-34-69(67,73)15)42-57-59(56)71(62-60(72)50-37-45(64(4,5)6)28-31-58(50)75-62)53-40-47(66(10,11)12)39-52-61(53)74(57)70(16)35-23-21-33-68(52,70)14/h17-19,24-31,36-42H,20-23,32-35H2,1-16H3/i27D,30D,38D. The van der Waals surface area contributed by atoms with Gasteiger partial charge in [0.2, 0.25) is 0 Å². The average molecular weight is 995 g/mol. The smallest absolute Gasteiger partial charge is 0.297 e. The zero-order valence-electron chi connectivity index (χ0n) is 51.1. The van der Waals surface area contributed by atoms with Gasteiger partial charge in [-0.2, -0.15) is 0 Å². The summed E-state index contributed by atoms with van der Waals surface area (Å²) in [6, 6.07) is 36.1. The van der Waals surface area contributed by atoms with Crippen molar-refractivity contribution in [1.82, 2.24) is 0 Å². The van der Waals surface area contributed by atoms with Crippen LogP contribution in [0.1, 0.15) is 200 Å². The first-order valence-corrected chi connectivity index (χ1v) is 28.6. The number of benzene rings is 6. The van der Waals surface area contributed by atoms with E-state index in [0.717, 1.165) is 107 Å². The van der Waals surface area contributed by atoms with Crippen molar-refractivity contribution in [1.29, 1.82) is 0 Å². The molecule has 0 bridgehead atoms. The molecule has 2 saturated carbocycles. The number of furan rings is 1. The van der Waals surface area contributed by atoms with E-state index in [0.29, 0.717) is 11.6 Å². The summed E-state index contributed by atoms with van der Waals surface area (Å²) in [5, 5.41) is 1.10. The molecule has 6 aliphatic rings. The highest BCUT2D eigenvalue weighted by atomic mass is 16.3. The lowest BCUT2D eigenvalue weighted by Crippen LogP contribution is -2.64. The van der Waals surface area contributed by atoms with Gasteiger partial charge in [0.1, 0.15) is 5.58 Å². The molecule has 2 fully saturated rings. The third-order valence-electron chi connectivity index (χ3n) is 20.4. The molecule has 5 heteroatoms. The van der Waals surface area contributed by atoms with Gasteiger partial charge in [-0.15, -0.1) is 0 Å². The number of hydrogen-bond donors (Lipinski definition) is 0. The maximum absolute atomic E-state index is 10.3. The van der Waals surface area contributed by atoms with Crippen molar-refractivity contribution >= 4 is 74.1 Å². The Morgan fingerprint density at radius 3 is 1.76 bits per heavy atom. The summed E-state index contributed by atoms with van der Waals surface area (Å²) < 4.78 is 38.1. The fourth-order valence-electron chi connectivity index (χ4n) is 15.4. The van der Waals surface area contributed by atoms with Gasteiger partial charge < -0.3 is 19.1 Å². The van der Waals surface area contributed by atoms with Gasteiger partial charge in [-0.3, -0.25) is 0 Å². The summed E-state index contributed by atoms with van der Waals surface area (Å²) in [5.74, 6) is 0. The second kappa shape index (κ2) is 15.5. The summed E-state index contributed by atoms with van der Waals surface area (Å²) in [7, 11) is 0. The second-order valence-corrected chi connectivity index (χ2v) is 29.0. The van der Waals surface area contributed by atoms with Crippen molar-refractivity contribution in [2.75, 3.05) is 14.7 Å². The molecule has 4 unspecified atom stereocenters. The van der Waals surface area contributed by atoms with Crippen LogP contribution >= 0.6 is 0 Å². The Morgan fingerprint density at radius 1 is 0.520 bits per heavy atom. The lowest BCUT2D eigenvalue weighted by Gasteiger charge is -2.53. The van der Waals surface area contributed by atoms with Crippen LogP contribution in [0.2, 0.25) is 0 Å². The molecule has 0 amide bonds. The molecule has 6 aromatic carbocycles. The van der Waals surface area contributed by atoms with E-state index in [2.05, 4.69) is 216 Å². The highest BCUT2D eigenvalue weighted by Gasteiger charge is 2.63. The normalized spacial score (nSPS) is 25.3. The predicted molar refractivity (Wildman–Crippen MR) is 321 cm³/mol. The van der Waals surface area contributed by atoms with Crippen molar-refractivity contribution in [3.05, 3.63) is 143 Å². The maximum Gasteiger partial charge on any atom is 0.297 e. The van der Waals surface area contributed by atoms with Crippen LogP contribution in [0, 0.1) is 0 Å². The zero-order chi connectivity index (χ0) is 55.6. The largest absolute Gasteiger partial charge is 0.468 e. The highest BCUT2D eigenvalue weighted by molar-refractivity contribution is 7.00. The summed E-state index contributed by atoms with van der Waals surface area (Å²) in [6.45, 7) is 37.1. The van der Waals surface area contributed by atoms with Gasteiger partial charge in [-0.05, 0) is 154 Å². The average Bonchev–Trinajstić information content (AvgIpc) is 2.45. The molecule has 1 aromatic heterocycles. The second-order valence-electron chi connectivity index (χ2n) is 29.0. The molecule has 4 atom stereocenters. The van der Waals surface area contributed by atoms with E-state index in [1.807, 2.05) is 0 Å². The van der Waals surface area contributed by atoms with E-state index in [-0.39, 0.29) is 46.0 Å². The van der Waals surface area contributed by atoms with Crippen molar-refractivity contribution in [3.63, 3.8) is 0 Å². The molecule has 386 valence electrons. The van der Waals surface area contributed by atoms with Crippen LogP contribution in [-0.4, -0.2) is 17.8 Å². The number of fused-ring (bicyclic) bond motifs is 12. The van der Waals surface area contributed by atoms with E-state index in [4.69, 9.17) is 4.42 Å². The Labute approximate surface area is 454 Å². The Balaban J connectivity index is 1.23. The molecule has 0 saturated heterocycles. The first-order chi connectivity index (χ1) is 36.5. The molecular weight excluding hydrogens is 910 g/mol. The van der Waals surface area contributed by atoms with Crippen molar-refractivity contribution in [2.45, 2.75) is 206 Å². The monoisotopic (exact) mass is 995 g/mol. The van der Waals surface area contributed by atoms with Crippen LogP contribution in [0.4, 0.5) is 39.8 Å². The minimum Gasteiger partial charge on any atom is -0.468 e. The van der Waals surface area contributed by atoms with E-state index < -0.39 is 16.4 Å². The quantitative estimate of drug-likeness (QED) is 0.165. The predicted octanol–water partition coefficient (Wildman–Crippen LogP) is 17.4. The van der Waals surface area contributed by atoms with Gasteiger partial charge in [-0.1, -0.05) is 189 Å². The molecule has 0 radical (unpaired) electrons. The maximum atomic E-state index is 10.3. The highest BCUT2D eigenvalue weighted by Crippen LogP contribution is 2.65. The number of rotatable bonds is 3. The van der Waals surface area contributed by atoms with Crippen molar-refractivity contribution < 1.29 is 8.53 Å². The van der Waals surface area contributed by atoms with Crippen molar-refractivity contribution in [3.8, 4) is 11.1 Å². The lowest BCUT2D eigenvalue weighted by atomic mass is 9.35. The summed E-state index contributed by atoms with van der Waals surface area (Å²) in [4.78, 5) is 7.96. The van der Waals surface area contributed by atoms with Crippen LogP contribution < -0.4 is 31.3 Å². The van der Waals surface area contributed by atoms with Crippen molar-refractivity contribution in [2.24, 2.45) is 0 Å². The first-order valence-electron chi connectivity index (χ1n) is 30.1. The Morgan fingerprint density at radius 2 is 1.11 bits per heavy atom. The van der Waals surface area contributed by atoms with E-state index in [9.17, 15) is 4.11 Å². The Bertz CT molecular complexity index is 3720.